The summed E-state index contributed by atoms with van der Waals surface area (Å²) >= 11 is 0. The number of pyridine rings is 1. The number of aromatic hydroxyl groups is 1. The second-order valence-electron chi connectivity index (χ2n) is 11.5. The third-order valence-corrected chi connectivity index (χ3v) is 8.83. The molecule has 2 bridgehead atoms. The van der Waals surface area contributed by atoms with Crippen molar-refractivity contribution in [1.29, 1.82) is 0 Å². The fraction of sp³-hybridized carbons (Fsp3) is 0.500. The number of para-hydroxylation sites is 1. The van der Waals surface area contributed by atoms with E-state index >= 15 is 0 Å². The highest BCUT2D eigenvalue weighted by Gasteiger charge is 2.41. The molecular formula is C30H38ClN7O3. The molecule has 0 radical (unpaired) electrons. The number of nitrogens with two attached hydrogens (primary N) is 1. The van der Waals surface area contributed by atoms with Crippen molar-refractivity contribution in [2.24, 2.45) is 0 Å². The Hall–Kier alpha value is -3.34. The summed E-state index contributed by atoms with van der Waals surface area (Å²) in [5, 5.41) is 22.2. The molecule has 3 aliphatic heterocycles. The Labute approximate surface area is 246 Å². The van der Waals surface area contributed by atoms with E-state index < -0.39 is 0 Å². The van der Waals surface area contributed by atoms with Crippen LogP contribution in [0.25, 0.3) is 11.3 Å². The maximum absolute atomic E-state index is 10.3. The first kappa shape index (κ1) is 27.8. The van der Waals surface area contributed by atoms with Crippen LogP contribution in [0.4, 0.5) is 17.2 Å². The number of hydrogen-bond donors (Lipinski definition) is 3. The fourth-order valence-corrected chi connectivity index (χ4v) is 6.71. The van der Waals surface area contributed by atoms with Crippen LogP contribution < -0.4 is 25.6 Å². The summed E-state index contributed by atoms with van der Waals surface area (Å²) in [7, 11) is 0. The normalized spacial score (nSPS) is 25.9. The van der Waals surface area contributed by atoms with Crippen molar-refractivity contribution in [2.75, 3.05) is 41.7 Å². The minimum Gasteiger partial charge on any atom is -0.507 e. The average Bonchev–Trinajstić information content (AvgIpc) is 3.22. The first-order valence-electron chi connectivity index (χ1n) is 14.5. The van der Waals surface area contributed by atoms with Gasteiger partial charge >= 0.3 is 0 Å². The summed E-state index contributed by atoms with van der Waals surface area (Å²) in [6.07, 6.45) is 9.02. The number of fused-ring (bicyclic) bond motifs is 2. The Balaban J connectivity index is 0.00000302. The van der Waals surface area contributed by atoms with E-state index in [4.69, 9.17) is 15.2 Å². The molecular weight excluding hydrogens is 542 g/mol. The van der Waals surface area contributed by atoms with E-state index in [0.717, 1.165) is 76.1 Å². The number of halogens is 1. The topological polar surface area (TPSA) is 122 Å². The van der Waals surface area contributed by atoms with Crippen LogP contribution in [0, 0.1) is 0 Å². The second kappa shape index (κ2) is 11.9. The molecule has 5 heterocycles. The van der Waals surface area contributed by atoms with Crippen LogP contribution in [0.2, 0.25) is 0 Å². The Bertz CT molecular complexity index is 1340. The van der Waals surface area contributed by atoms with Gasteiger partial charge in [0.25, 0.3) is 0 Å². The molecule has 0 spiro atoms. The van der Waals surface area contributed by atoms with Gasteiger partial charge in [-0.3, -0.25) is 0 Å². The van der Waals surface area contributed by atoms with Crippen molar-refractivity contribution in [1.82, 2.24) is 20.5 Å². The fourth-order valence-electron chi connectivity index (χ4n) is 6.71. The molecule has 3 aromatic rings. The highest BCUT2D eigenvalue weighted by Crippen LogP contribution is 2.40. The predicted octanol–water partition coefficient (Wildman–Crippen LogP) is 3.78. The second-order valence-corrected chi connectivity index (χ2v) is 11.5. The van der Waals surface area contributed by atoms with Crippen molar-refractivity contribution in [2.45, 2.75) is 68.9 Å². The van der Waals surface area contributed by atoms with Gasteiger partial charge in [0.05, 0.1) is 23.6 Å². The lowest BCUT2D eigenvalue weighted by Crippen LogP contribution is -2.54. The number of piperazine rings is 1. The molecule has 2 atom stereocenters. The summed E-state index contributed by atoms with van der Waals surface area (Å²) in [4.78, 5) is 9.38. The molecule has 7 rings (SSSR count). The van der Waals surface area contributed by atoms with E-state index in [-0.39, 0.29) is 24.3 Å². The minimum atomic E-state index is 0. The Morgan fingerprint density at radius 2 is 1.66 bits per heavy atom. The van der Waals surface area contributed by atoms with Crippen LogP contribution in [-0.4, -0.2) is 76.9 Å². The van der Waals surface area contributed by atoms with Crippen molar-refractivity contribution >= 4 is 29.6 Å². The molecule has 4 aliphatic rings. The standard InChI is InChI=1S/C30H37N7O3.ClH/c31-30-27(16-26(34-35-30)25-3-1-2-4-28(25)38)36-17-20-5-6-21(18-36)37(20)19-7-12-33-29(13-19)40-24-14-23(15-24)39-22-8-10-32-11-9-22;/h1-4,7,12-13,16,20-24,32,38H,5-6,8-11,14-15,17-18H2,(H2,31,35);1H. The van der Waals surface area contributed by atoms with Crippen LogP contribution in [0.1, 0.15) is 38.5 Å². The lowest BCUT2D eigenvalue weighted by molar-refractivity contribution is -0.103. The van der Waals surface area contributed by atoms with Crippen molar-refractivity contribution in [3.8, 4) is 22.9 Å². The highest BCUT2D eigenvalue weighted by molar-refractivity contribution is 5.85. The minimum absolute atomic E-state index is 0. The number of nitrogens with zero attached hydrogens (tertiary/aromatic N) is 5. The smallest absolute Gasteiger partial charge is 0.215 e. The van der Waals surface area contributed by atoms with Gasteiger partial charge in [-0.05, 0) is 63.0 Å². The zero-order valence-corrected chi connectivity index (χ0v) is 23.9. The van der Waals surface area contributed by atoms with E-state index in [1.165, 1.54) is 0 Å². The van der Waals surface area contributed by atoms with Gasteiger partial charge in [0.15, 0.2) is 5.82 Å². The van der Waals surface area contributed by atoms with Crippen LogP contribution in [0.5, 0.6) is 11.6 Å². The Kier molecular flexibility index (Phi) is 8.05. The van der Waals surface area contributed by atoms with Crippen molar-refractivity contribution in [3.05, 3.63) is 48.7 Å². The monoisotopic (exact) mass is 579 g/mol. The highest BCUT2D eigenvalue weighted by atomic mass is 35.5. The number of phenolic OH excluding ortho intramolecular Hbond substituents is 1. The number of nitrogens with one attached hydrogen (secondary N) is 1. The van der Waals surface area contributed by atoms with Crippen LogP contribution in [0.15, 0.2) is 48.7 Å². The van der Waals surface area contributed by atoms with Crippen molar-refractivity contribution in [3.63, 3.8) is 0 Å². The number of rotatable bonds is 7. The molecule has 0 amide bonds. The van der Waals surface area contributed by atoms with Crippen LogP contribution >= 0.6 is 12.4 Å². The number of ether oxygens (including phenoxy) is 2. The third-order valence-electron chi connectivity index (χ3n) is 8.83. The van der Waals surface area contributed by atoms with Gasteiger partial charge in [-0.15, -0.1) is 22.6 Å². The number of anilines is 3. The lowest BCUT2D eigenvalue weighted by atomic mass is 9.91. The van der Waals surface area contributed by atoms with E-state index in [9.17, 15) is 5.11 Å². The number of hydrogen-bond acceptors (Lipinski definition) is 10. The zero-order chi connectivity index (χ0) is 27.1. The zero-order valence-electron chi connectivity index (χ0n) is 23.1. The van der Waals surface area contributed by atoms with Crippen molar-refractivity contribution < 1.29 is 14.6 Å². The first-order valence-corrected chi connectivity index (χ1v) is 14.5. The molecule has 3 saturated heterocycles. The summed E-state index contributed by atoms with van der Waals surface area (Å²) in [6, 6.07) is 14.0. The summed E-state index contributed by atoms with van der Waals surface area (Å²) in [5.41, 5.74) is 9.61. The largest absolute Gasteiger partial charge is 0.507 e. The van der Waals surface area contributed by atoms with Gasteiger partial charge in [-0.1, -0.05) is 12.1 Å². The molecule has 218 valence electrons. The molecule has 11 heteroatoms. The summed E-state index contributed by atoms with van der Waals surface area (Å²) in [5.74, 6) is 1.29. The van der Waals surface area contributed by atoms with Gasteiger partial charge in [0, 0.05) is 61.5 Å². The molecule has 10 nitrogen and oxygen atoms in total. The van der Waals surface area contributed by atoms with Crippen LogP contribution in [0.3, 0.4) is 0 Å². The average molecular weight is 580 g/mol. The van der Waals surface area contributed by atoms with E-state index in [1.54, 1.807) is 12.1 Å². The Morgan fingerprint density at radius 1 is 0.902 bits per heavy atom. The molecule has 2 aromatic heterocycles. The molecule has 1 aromatic carbocycles. The van der Waals surface area contributed by atoms with Gasteiger partial charge in [0.1, 0.15) is 11.9 Å². The summed E-state index contributed by atoms with van der Waals surface area (Å²) in [6.45, 7) is 3.78. The quantitative estimate of drug-likeness (QED) is 0.381. The molecule has 4 fully saturated rings. The van der Waals surface area contributed by atoms with E-state index in [0.29, 0.717) is 47.2 Å². The molecule has 41 heavy (non-hydrogen) atoms. The molecule has 1 saturated carbocycles. The molecule has 4 N–H and O–H groups in total. The maximum Gasteiger partial charge on any atom is 0.215 e. The lowest BCUT2D eigenvalue weighted by Gasteiger charge is -2.43. The molecule has 2 unspecified atom stereocenters. The van der Waals surface area contributed by atoms with Gasteiger partial charge < -0.3 is 35.4 Å². The third kappa shape index (κ3) is 5.73. The van der Waals surface area contributed by atoms with E-state index in [1.807, 2.05) is 24.4 Å². The number of benzene rings is 1. The van der Waals surface area contributed by atoms with Gasteiger partial charge in [0.2, 0.25) is 5.88 Å². The number of phenols is 1. The Morgan fingerprint density at radius 3 is 2.41 bits per heavy atom. The molecule has 1 aliphatic carbocycles. The predicted molar refractivity (Wildman–Crippen MR) is 161 cm³/mol. The maximum atomic E-state index is 10.3. The number of aromatic nitrogens is 3. The van der Waals surface area contributed by atoms with Gasteiger partial charge in [-0.25, -0.2) is 4.98 Å². The van der Waals surface area contributed by atoms with Gasteiger partial charge in [-0.2, -0.15) is 0 Å². The number of nitrogen functional groups attached to an aromatic ring is 1. The van der Waals surface area contributed by atoms with Crippen LogP contribution in [-0.2, 0) is 4.74 Å². The summed E-state index contributed by atoms with van der Waals surface area (Å²) < 4.78 is 12.5. The SMILES string of the molecule is Cl.Nc1nnc(-c2ccccc2O)cc1N1CC2CCC(C1)N2c1ccnc(OC2CC(OC3CCNCC3)C2)c1. The number of piperidine rings is 1. The first-order chi connectivity index (χ1) is 19.6. The van der Waals surface area contributed by atoms with E-state index in [2.05, 4.69) is 42.4 Å².